The van der Waals surface area contributed by atoms with E-state index >= 15 is 0 Å². The van der Waals surface area contributed by atoms with Gasteiger partial charge in [0.15, 0.2) is 0 Å². The van der Waals surface area contributed by atoms with Gasteiger partial charge in [-0.1, -0.05) is 103 Å². The molecule has 12 heteroatoms. The molecule has 1 fully saturated rings. The Morgan fingerprint density at radius 2 is 1.39 bits per heavy atom. The van der Waals surface area contributed by atoms with E-state index in [0.717, 1.165) is 33.4 Å². The van der Waals surface area contributed by atoms with Crippen molar-refractivity contribution in [2.45, 2.75) is 55.0 Å². The van der Waals surface area contributed by atoms with Crippen LogP contribution in [0, 0.1) is 0 Å². The lowest BCUT2D eigenvalue weighted by molar-refractivity contribution is -0.145. The molecule has 0 bridgehead atoms. The molecule has 2 aliphatic rings. The number of fused-ring (bicyclic) bond motifs is 3. The molecule has 0 spiro atoms. The Hall–Kier alpha value is -6.11. The Balaban J connectivity index is 0.910. The second-order valence-corrected chi connectivity index (χ2v) is 16.1. The molecule has 1 aliphatic carbocycles. The molecule has 292 valence electrons. The fourth-order valence-electron chi connectivity index (χ4n) is 7.68. The van der Waals surface area contributed by atoms with Gasteiger partial charge < -0.3 is 14.8 Å². The fraction of sp³-hybridized carbons (Fsp3) is 0.244. The summed E-state index contributed by atoms with van der Waals surface area (Å²) in [5, 5.41) is 5.51. The van der Waals surface area contributed by atoms with Crippen molar-refractivity contribution in [3.8, 4) is 11.1 Å². The van der Waals surface area contributed by atoms with Crippen LogP contribution in [0.3, 0.4) is 0 Å². The van der Waals surface area contributed by atoms with Gasteiger partial charge in [-0.15, -0.1) is 0 Å². The maximum absolute atomic E-state index is 13.4. The topological polar surface area (TPSA) is 148 Å². The lowest BCUT2D eigenvalue weighted by Crippen LogP contribution is -2.51. The molecule has 1 aliphatic heterocycles. The van der Waals surface area contributed by atoms with E-state index in [4.69, 9.17) is 9.47 Å². The van der Waals surface area contributed by atoms with Crippen molar-refractivity contribution < 1.29 is 37.1 Å². The van der Waals surface area contributed by atoms with E-state index in [2.05, 4.69) is 34.9 Å². The predicted octanol–water partition coefficient (Wildman–Crippen LogP) is 6.46. The van der Waals surface area contributed by atoms with Crippen LogP contribution in [0.2, 0.25) is 0 Å². The minimum atomic E-state index is -3.91. The van der Waals surface area contributed by atoms with Gasteiger partial charge in [0, 0.05) is 37.4 Å². The maximum atomic E-state index is 13.4. The molecular formula is C45H43N3O8S. The van der Waals surface area contributed by atoms with Crippen molar-refractivity contribution in [3.05, 3.63) is 155 Å². The number of methoxy groups -OCH3 is 1. The summed E-state index contributed by atoms with van der Waals surface area (Å²) >= 11 is 0. The van der Waals surface area contributed by atoms with Crippen LogP contribution in [0.15, 0.2) is 132 Å². The van der Waals surface area contributed by atoms with Crippen molar-refractivity contribution in [3.63, 3.8) is 0 Å². The molecule has 1 heterocycles. The average molecular weight is 786 g/mol. The number of Topliss-reactive ketones (excluding diaryl/α,β-unsaturated/α-hetero) is 1. The highest BCUT2D eigenvalue weighted by atomic mass is 32.2. The number of nitrogens with zero attached hydrogens (tertiary/aromatic N) is 1. The summed E-state index contributed by atoms with van der Waals surface area (Å²) < 4.78 is 38.5. The Bertz CT molecular complexity index is 2340. The van der Waals surface area contributed by atoms with Crippen LogP contribution >= 0.6 is 0 Å². The van der Waals surface area contributed by atoms with Gasteiger partial charge in [-0.05, 0) is 76.1 Å². The highest BCUT2D eigenvalue weighted by Crippen LogP contribution is 2.44. The number of sulfonamides is 1. The SMILES string of the molecule is COC(=O)[C@H](Cc1ccc(CC(=O)Cc2cccc(NC(=O)OCC3c4ccccc4-c4ccccc43)c2)cc1)NC(=O)[C@@H]1CCCN1S(=O)(=O)c1ccccc1. The molecule has 0 unspecified atom stereocenters. The third-order valence-corrected chi connectivity index (χ3v) is 12.4. The van der Waals surface area contributed by atoms with Crippen molar-refractivity contribution in [1.29, 1.82) is 0 Å². The summed E-state index contributed by atoms with van der Waals surface area (Å²) in [4.78, 5) is 52.3. The number of nitrogens with one attached hydrogen (secondary N) is 2. The third-order valence-electron chi connectivity index (χ3n) is 10.4. The summed E-state index contributed by atoms with van der Waals surface area (Å²) in [7, 11) is -2.68. The molecule has 0 radical (unpaired) electrons. The molecule has 57 heavy (non-hydrogen) atoms. The normalized spacial score (nSPS) is 15.6. The maximum Gasteiger partial charge on any atom is 0.411 e. The van der Waals surface area contributed by atoms with Crippen molar-refractivity contribution in [2.75, 3.05) is 25.6 Å². The molecule has 5 aromatic carbocycles. The first-order chi connectivity index (χ1) is 27.6. The second kappa shape index (κ2) is 17.4. The third kappa shape index (κ3) is 8.98. The summed E-state index contributed by atoms with van der Waals surface area (Å²) in [6, 6.07) is 36.5. The molecule has 2 amide bonds. The van der Waals surface area contributed by atoms with Crippen LogP contribution in [0.5, 0.6) is 0 Å². The van der Waals surface area contributed by atoms with Crippen molar-refractivity contribution >= 4 is 39.5 Å². The molecule has 11 nitrogen and oxygen atoms in total. The average Bonchev–Trinajstić information content (AvgIpc) is 3.85. The standard InChI is InChI=1S/C45H43N3O8S/c1-55-44(51)41(47-43(50)42-19-10-24-48(42)57(53,54)35-13-3-2-4-14-35)28-31-22-20-30(21-23-31)26-34(49)27-32-11-9-12-33(25-32)46-45(52)56-29-40-38-17-7-5-15-36(38)37-16-6-8-18-39(37)40/h2-9,11-18,20-23,25,40-42H,10,19,24,26-29H2,1H3,(H,46,52)(H,47,50)/t41-,42-/m0/s1. The van der Waals surface area contributed by atoms with Gasteiger partial charge in [0.1, 0.15) is 24.5 Å². The fourth-order valence-corrected chi connectivity index (χ4v) is 9.36. The lowest BCUT2D eigenvalue weighted by Gasteiger charge is -2.25. The number of ketones is 1. The highest BCUT2D eigenvalue weighted by Gasteiger charge is 2.40. The largest absolute Gasteiger partial charge is 0.467 e. The van der Waals surface area contributed by atoms with Crippen LogP contribution in [0.4, 0.5) is 10.5 Å². The number of hydrogen-bond acceptors (Lipinski definition) is 8. The van der Waals surface area contributed by atoms with E-state index < -0.39 is 40.1 Å². The van der Waals surface area contributed by atoms with Crippen LogP contribution in [0.1, 0.15) is 46.6 Å². The number of benzene rings is 5. The number of esters is 1. The van der Waals surface area contributed by atoms with E-state index in [1.807, 2.05) is 30.3 Å². The quantitative estimate of drug-likeness (QED) is 0.122. The monoisotopic (exact) mass is 785 g/mol. The van der Waals surface area contributed by atoms with Gasteiger partial charge in [-0.25, -0.2) is 18.0 Å². The van der Waals surface area contributed by atoms with Gasteiger partial charge in [0.05, 0.1) is 12.0 Å². The molecular weight excluding hydrogens is 743 g/mol. The van der Waals surface area contributed by atoms with E-state index in [1.165, 1.54) is 23.5 Å². The van der Waals surface area contributed by atoms with E-state index in [9.17, 15) is 27.6 Å². The van der Waals surface area contributed by atoms with Gasteiger partial charge in [0.25, 0.3) is 0 Å². The zero-order valence-electron chi connectivity index (χ0n) is 31.4. The number of carbonyl (C=O) groups is 4. The van der Waals surface area contributed by atoms with Crippen LogP contribution in [-0.4, -0.2) is 68.8 Å². The molecule has 7 rings (SSSR count). The zero-order chi connectivity index (χ0) is 39.9. The predicted molar refractivity (Wildman–Crippen MR) is 215 cm³/mol. The van der Waals surface area contributed by atoms with E-state index in [0.29, 0.717) is 24.1 Å². The second-order valence-electron chi connectivity index (χ2n) is 14.2. The van der Waals surface area contributed by atoms with E-state index in [1.54, 1.807) is 60.7 Å². The number of ether oxygens (including phenoxy) is 2. The number of rotatable bonds is 14. The van der Waals surface area contributed by atoms with E-state index in [-0.39, 0.29) is 49.0 Å². The Labute approximate surface area is 332 Å². The van der Waals surface area contributed by atoms with Crippen LogP contribution in [0.25, 0.3) is 11.1 Å². The smallest absolute Gasteiger partial charge is 0.411 e. The first-order valence-corrected chi connectivity index (χ1v) is 20.3. The summed E-state index contributed by atoms with van der Waals surface area (Å²) in [6.07, 6.45) is 0.677. The molecule has 0 aromatic heterocycles. The minimum absolute atomic E-state index is 0.0349. The minimum Gasteiger partial charge on any atom is -0.467 e. The number of carbonyl (C=O) groups excluding carboxylic acids is 4. The summed E-state index contributed by atoms with van der Waals surface area (Å²) in [6.45, 7) is 0.387. The Morgan fingerprint density at radius 3 is 2.07 bits per heavy atom. The summed E-state index contributed by atoms with van der Waals surface area (Å²) in [5.74, 6) is -1.32. The van der Waals surface area contributed by atoms with Crippen LogP contribution in [-0.2, 0) is 53.1 Å². The number of hydrogen-bond donors (Lipinski definition) is 2. The first kappa shape index (κ1) is 39.1. The number of amides is 2. The molecule has 2 atom stereocenters. The highest BCUT2D eigenvalue weighted by molar-refractivity contribution is 7.89. The van der Waals surface area contributed by atoms with Crippen LogP contribution < -0.4 is 10.6 Å². The Morgan fingerprint density at radius 1 is 0.754 bits per heavy atom. The summed E-state index contributed by atoms with van der Waals surface area (Å²) in [5.41, 5.74) is 7.30. The molecule has 0 saturated carbocycles. The van der Waals surface area contributed by atoms with Gasteiger partial charge >= 0.3 is 12.1 Å². The van der Waals surface area contributed by atoms with Gasteiger partial charge in [0.2, 0.25) is 15.9 Å². The van der Waals surface area contributed by atoms with Crippen molar-refractivity contribution in [2.24, 2.45) is 0 Å². The van der Waals surface area contributed by atoms with Gasteiger partial charge in [-0.3, -0.25) is 14.9 Å². The lowest BCUT2D eigenvalue weighted by atomic mass is 9.98. The first-order valence-electron chi connectivity index (χ1n) is 18.9. The van der Waals surface area contributed by atoms with Crippen molar-refractivity contribution in [1.82, 2.24) is 9.62 Å². The van der Waals surface area contributed by atoms with Gasteiger partial charge in [-0.2, -0.15) is 4.31 Å². The zero-order valence-corrected chi connectivity index (χ0v) is 32.2. The molecule has 5 aromatic rings. The Kier molecular flexibility index (Phi) is 11.9. The number of anilines is 1. The molecule has 1 saturated heterocycles. The molecule has 2 N–H and O–H groups in total.